The fourth-order valence-corrected chi connectivity index (χ4v) is 4.35. The number of fused-ring (bicyclic) bond motifs is 2. The van der Waals surface area contributed by atoms with Gasteiger partial charge in [-0.05, 0) is 34.6 Å². The van der Waals surface area contributed by atoms with Gasteiger partial charge in [-0.25, -0.2) is 9.78 Å². The monoisotopic (exact) mass is 435 g/mol. The number of hydrogen-bond donors (Lipinski definition) is 3. The average molecular weight is 435 g/mol. The second kappa shape index (κ2) is 7.21. The molecule has 0 aromatic carbocycles. The first-order valence-corrected chi connectivity index (χ1v) is 10.1. The summed E-state index contributed by atoms with van der Waals surface area (Å²) in [4.78, 5) is 26.3. The molecule has 0 radical (unpaired) electrons. The standard InChI is InChI=1S/C20H29N5O6/c1-19(2,3)31-18(27)25-10(8-26)14-15(30-20(4,5)29-14)13(25)9-7-22-12-11(9)23-17(21)24-16(12)28-6/h7,10,13-15,22,26H,8H2,1-6H3,(H2,21,23,24). The first-order chi connectivity index (χ1) is 14.5. The molecule has 4 N–H and O–H groups in total. The van der Waals surface area contributed by atoms with Gasteiger partial charge in [0, 0.05) is 11.8 Å². The minimum absolute atomic E-state index is 0.0335. The second-order valence-corrected chi connectivity index (χ2v) is 9.21. The SMILES string of the molecule is COc1nc(N)nc2c(C3C4OC(C)(C)OC4C(CO)N3C(=O)OC(C)(C)C)c[nH]c12. The smallest absolute Gasteiger partial charge is 0.411 e. The van der Waals surface area contributed by atoms with E-state index >= 15 is 0 Å². The van der Waals surface area contributed by atoms with E-state index in [0.717, 1.165) is 0 Å². The summed E-state index contributed by atoms with van der Waals surface area (Å²) in [5.41, 5.74) is 6.84. The van der Waals surface area contributed by atoms with Crippen LogP contribution in [-0.4, -0.2) is 74.4 Å². The van der Waals surface area contributed by atoms with Crippen molar-refractivity contribution in [2.75, 3.05) is 19.5 Å². The molecule has 4 rings (SSSR count). The Labute approximate surface area is 179 Å². The zero-order valence-electron chi connectivity index (χ0n) is 18.5. The van der Waals surface area contributed by atoms with Crippen LogP contribution in [0, 0.1) is 0 Å². The number of anilines is 1. The lowest BCUT2D eigenvalue weighted by atomic mass is 10.0. The number of amides is 1. The molecule has 2 saturated heterocycles. The number of ether oxygens (including phenoxy) is 4. The molecule has 2 aliphatic heterocycles. The molecule has 2 aromatic rings. The van der Waals surface area contributed by atoms with Gasteiger partial charge in [-0.15, -0.1) is 0 Å². The van der Waals surface area contributed by atoms with E-state index in [1.165, 1.54) is 12.0 Å². The van der Waals surface area contributed by atoms with Gasteiger partial charge < -0.3 is 34.8 Å². The van der Waals surface area contributed by atoms with E-state index < -0.39 is 41.8 Å². The number of carbonyl (C=O) groups is 1. The third-order valence-electron chi connectivity index (χ3n) is 5.35. The molecule has 2 fully saturated rings. The number of aliphatic hydroxyl groups is 1. The normalized spacial score (nSPS) is 27.5. The Bertz CT molecular complexity index is 1000. The van der Waals surface area contributed by atoms with Crippen molar-refractivity contribution in [2.24, 2.45) is 0 Å². The summed E-state index contributed by atoms with van der Waals surface area (Å²) in [6.07, 6.45) is 0.0261. The zero-order chi connectivity index (χ0) is 22.7. The van der Waals surface area contributed by atoms with Gasteiger partial charge in [0.2, 0.25) is 11.8 Å². The molecule has 1 amide bonds. The quantitative estimate of drug-likeness (QED) is 0.656. The van der Waals surface area contributed by atoms with Crippen molar-refractivity contribution in [3.05, 3.63) is 11.8 Å². The maximum absolute atomic E-state index is 13.2. The molecule has 0 saturated carbocycles. The molecule has 11 nitrogen and oxygen atoms in total. The van der Waals surface area contributed by atoms with Gasteiger partial charge >= 0.3 is 6.09 Å². The van der Waals surface area contributed by atoms with Gasteiger partial charge in [0.05, 0.1) is 25.8 Å². The number of methoxy groups -OCH3 is 1. The van der Waals surface area contributed by atoms with Crippen molar-refractivity contribution < 1.29 is 28.8 Å². The number of rotatable bonds is 3. The van der Waals surface area contributed by atoms with E-state index in [0.29, 0.717) is 16.6 Å². The molecular weight excluding hydrogens is 406 g/mol. The molecule has 0 bridgehead atoms. The summed E-state index contributed by atoms with van der Waals surface area (Å²) in [5.74, 6) is -0.556. The molecule has 0 aliphatic carbocycles. The molecule has 0 spiro atoms. The molecular formula is C20H29N5O6. The predicted octanol–water partition coefficient (Wildman–Crippen LogP) is 1.72. The lowest BCUT2D eigenvalue weighted by Gasteiger charge is -2.34. The summed E-state index contributed by atoms with van der Waals surface area (Å²) in [6.45, 7) is 8.63. The van der Waals surface area contributed by atoms with Crippen LogP contribution in [0.15, 0.2) is 6.20 Å². The van der Waals surface area contributed by atoms with Crippen LogP contribution in [-0.2, 0) is 14.2 Å². The zero-order valence-corrected chi connectivity index (χ0v) is 18.5. The largest absolute Gasteiger partial charge is 0.479 e. The molecule has 2 aliphatic rings. The molecule has 2 aromatic heterocycles. The summed E-state index contributed by atoms with van der Waals surface area (Å²) < 4.78 is 23.2. The Hall–Kier alpha value is -2.63. The fraction of sp³-hybridized carbons (Fsp3) is 0.650. The van der Waals surface area contributed by atoms with Crippen LogP contribution in [0.5, 0.6) is 5.88 Å². The third-order valence-corrected chi connectivity index (χ3v) is 5.35. The molecule has 11 heteroatoms. The Balaban J connectivity index is 1.86. The van der Waals surface area contributed by atoms with Crippen LogP contribution in [0.2, 0.25) is 0 Å². The van der Waals surface area contributed by atoms with Crippen LogP contribution in [0.25, 0.3) is 11.0 Å². The van der Waals surface area contributed by atoms with Gasteiger partial charge in [-0.1, -0.05) is 0 Å². The number of nitrogens with one attached hydrogen (secondary N) is 1. The van der Waals surface area contributed by atoms with Crippen LogP contribution in [0.4, 0.5) is 10.7 Å². The van der Waals surface area contributed by atoms with Crippen molar-refractivity contribution >= 4 is 23.1 Å². The number of aromatic nitrogens is 3. The number of nitrogen functional groups attached to an aromatic ring is 1. The maximum Gasteiger partial charge on any atom is 0.411 e. The maximum atomic E-state index is 13.2. The predicted molar refractivity (Wildman–Crippen MR) is 110 cm³/mol. The summed E-state index contributed by atoms with van der Waals surface area (Å²) in [5, 5.41) is 10.2. The van der Waals surface area contributed by atoms with Crippen molar-refractivity contribution in [1.29, 1.82) is 0 Å². The topological polar surface area (TPSA) is 145 Å². The van der Waals surface area contributed by atoms with E-state index in [1.54, 1.807) is 40.8 Å². The van der Waals surface area contributed by atoms with E-state index in [4.69, 9.17) is 24.7 Å². The summed E-state index contributed by atoms with van der Waals surface area (Å²) in [6, 6.07) is -1.32. The van der Waals surface area contributed by atoms with Gasteiger partial charge in [0.25, 0.3) is 0 Å². The highest BCUT2D eigenvalue weighted by Gasteiger charge is 2.60. The van der Waals surface area contributed by atoms with Gasteiger partial charge in [0.15, 0.2) is 5.79 Å². The van der Waals surface area contributed by atoms with Crippen LogP contribution >= 0.6 is 0 Å². The number of nitrogens with zero attached hydrogens (tertiary/aromatic N) is 3. The van der Waals surface area contributed by atoms with Crippen LogP contribution in [0.3, 0.4) is 0 Å². The highest BCUT2D eigenvalue weighted by molar-refractivity contribution is 5.85. The van der Waals surface area contributed by atoms with E-state index in [2.05, 4.69) is 15.0 Å². The summed E-state index contributed by atoms with van der Waals surface area (Å²) in [7, 11) is 1.48. The van der Waals surface area contributed by atoms with Gasteiger partial charge in [-0.2, -0.15) is 4.98 Å². The highest BCUT2D eigenvalue weighted by Crippen LogP contribution is 2.49. The number of H-pyrrole nitrogens is 1. The second-order valence-electron chi connectivity index (χ2n) is 9.21. The minimum Gasteiger partial charge on any atom is -0.479 e. The number of nitrogens with two attached hydrogens (primary N) is 1. The lowest BCUT2D eigenvalue weighted by Crippen LogP contribution is -2.47. The van der Waals surface area contributed by atoms with E-state index in [9.17, 15) is 9.90 Å². The molecule has 31 heavy (non-hydrogen) atoms. The van der Waals surface area contributed by atoms with Gasteiger partial charge in [-0.3, -0.25) is 4.90 Å². The first kappa shape index (κ1) is 21.6. The third kappa shape index (κ3) is 3.66. The number of hydrogen-bond acceptors (Lipinski definition) is 9. The fourth-order valence-electron chi connectivity index (χ4n) is 4.35. The van der Waals surface area contributed by atoms with Crippen molar-refractivity contribution in [2.45, 2.75) is 70.3 Å². The first-order valence-electron chi connectivity index (χ1n) is 10.1. The minimum atomic E-state index is -0.876. The van der Waals surface area contributed by atoms with Crippen LogP contribution < -0.4 is 10.5 Å². The van der Waals surface area contributed by atoms with Gasteiger partial charge in [0.1, 0.15) is 28.8 Å². The molecule has 170 valence electrons. The summed E-state index contributed by atoms with van der Waals surface area (Å²) >= 11 is 0. The number of aromatic amines is 1. The molecule has 4 unspecified atom stereocenters. The van der Waals surface area contributed by atoms with E-state index in [-0.39, 0.29) is 18.4 Å². The number of carbonyl (C=O) groups excluding carboxylic acids is 1. The van der Waals surface area contributed by atoms with E-state index in [1.807, 2.05) is 0 Å². The Morgan fingerprint density at radius 2 is 2.00 bits per heavy atom. The van der Waals surface area contributed by atoms with Crippen LogP contribution in [0.1, 0.15) is 46.2 Å². The lowest BCUT2D eigenvalue weighted by molar-refractivity contribution is -0.168. The average Bonchev–Trinajstić information content (AvgIpc) is 3.27. The number of likely N-dealkylation sites (tertiary alicyclic amines) is 1. The van der Waals surface area contributed by atoms with Crippen molar-refractivity contribution in [3.63, 3.8) is 0 Å². The Morgan fingerprint density at radius 3 is 2.61 bits per heavy atom. The van der Waals surface area contributed by atoms with Crippen molar-refractivity contribution in [1.82, 2.24) is 19.9 Å². The highest BCUT2D eigenvalue weighted by atomic mass is 16.8. The molecule has 4 atom stereocenters. The molecule has 4 heterocycles. The Kier molecular flexibility index (Phi) is 5.02. The Morgan fingerprint density at radius 1 is 1.32 bits per heavy atom. The van der Waals surface area contributed by atoms with Crippen molar-refractivity contribution in [3.8, 4) is 5.88 Å². The number of aliphatic hydroxyl groups excluding tert-OH is 1.